The molecule has 4 rings (SSSR count). The molecule has 0 saturated heterocycles. The Hall–Kier alpha value is -3.47. The lowest BCUT2D eigenvalue weighted by atomic mass is 10.3. The second-order valence-corrected chi connectivity index (χ2v) is 7.18. The lowest BCUT2D eigenvalue weighted by Crippen LogP contribution is -2.13. The molecule has 0 saturated carbocycles. The van der Waals surface area contributed by atoms with E-state index in [1.54, 1.807) is 26.4 Å². The van der Waals surface area contributed by atoms with Crippen molar-refractivity contribution in [2.24, 2.45) is 0 Å². The molecule has 4 aromatic rings. The Balaban J connectivity index is 0.000000193. The van der Waals surface area contributed by atoms with Crippen LogP contribution in [-0.4, -0.2) is 33.3 Å². The summed E-state index contributed by atoms with van der Waals surface area (Å²) < 4.78 is 31.4. The summed E-state index contributed by atoms with van der Waals surface area (Å²) in [6, 6.07) is 5.82. The molecule has 3 heterocycles. The van der Waals surface area contributed by atoms with E-state index in [0.717, 1.165) is 5.52 Å². The number of aromatic amines is 1. The van der Waals surface area contributed by atoms with Crippen molar-refractivity contribution in [2.45, 2.75) is 18.7 Å². The van der Waals surface area contributed by atoms with E-state index >= 15 is 0 Å². The highest BCUT2D eigenvalue weighted by Gasteiger charge is 2.17. The number of imidazole rings is 1. The number of oxazole rings is 1. The summed E-state index contributed by atoms with van der Waals surface area (Å²) in [4.78, 5) is 18.5. The average molecular weight is 387 g/mol. The van der Waals surface area contributed by atoms with Gasteiger partial charge < -0.3 is 15.1 Å². The van der Waals surface area contributed by atoms with Crippen LogP contribution in [-0.2, 0) is 10.0 Å². The highest BCUT2D eigenvalue weighted by atomic mass is 32.2. The number of fused-ring (bicyclic) bond motifs is 1. The maximum Gasteiger partial charge on any atom is 0.309 e. The number of benzene rings is 1. The summed E-state index contributed by atoms with van der Waals surface area (Å²) in [5.74, 6) is 0.574. The third-order valence-electron chi connectivity index (χ3n) is 3.54. The van der Waals surface area contributed by atoms with E-state index < -0.39 is 10.0 Å². The monoisotopic (exact) mass is 387 g/mol. The minimum atomic E-state index is -3.70. The fraction of sp³-hybridized carbons (Fsp3) is 0.125. The predicted octanol–water partition coefficient (Wildman–Crippen LogP) is 2.03. The van der Waals surface area contributed by atoms with Crippen molar-refractivity contribution in [3.63, 3.8) is 0 Å². The quantitative estimate of drug-likeness (QED) is 0.451. The maximum absolute atomic E-state index is 12.0. The SMILES string of the molecule is Cc1nc(NS(=O)(=O)c2ccc(N)cc2)oc1C.c1ncc2[nH]cnc2n1. The molecule has 140 valence electrons. The lowest BCUT2D eigenvalue weighted by molar-refractivity contribution is 0.542. The second kappa shape index (κ2) is 7.41. The van der Waals surface area contributed by atoms with Crippen molar-refractivity contribution in [1.29, 1.82) is 0 Å². The number of anilines is 2. The van der Waals surface area contributed by atoms with Crippen LogP contribution in [0.5, 0.6) is 0 Å². The Bertz CT molecular complexity index is 1100. The zero-order valence-electron chi connectivity index (χ0n) is 14.5. The molecule has 0 radical (unpaired) electrons. The van der Waals surface area contributed by atoms with Gasteiger partial charge in [-0.25, -0.2) is 28.1 Å². The molecular weight excluding hydrogens is 370 g/mol. The first-order valence-corrected chi connectivity index (χ1v) is 9.25. The van der Waals surface area contributed by atoms with Crippen molar-refractivity contribution in [3.05, 3.63) is 54.6 Å². The number of sulfonamides is 1. The number of hydrogen-bond donors (Lipinski definition) is 3. The third-order valence-corrected chi connectivity index (χ3v) is 4.87. The molecule has 0 fully saturated rings. The van der Waals surface area contributed by atoms with Gasteiger partial charge in [-0.1, -0.05) is 0 Å². The first kappa shape index (κ1) is 18.3. The smallest absolute Gasteiger partial charge is 0.309 e. The number of rotatable bonds is 3. The molecule has 10 nitrogen and oxygen atoms in total. The second-order valence-electron chi connectivity index (χ2n) is 5.50. The van der Waals surface area contributed by atoms with Gasteiger partial charge in [-0.3, -0.25) is 0 Å². The zero-order valence-corrected chi connectivity index (χ0v) is 15.4. The van der Waals surface area contributed by atoms with Crippen LogP contribution in [0.4, 0.5) is 11.7 Å². The van der Waals surface area contributed by atoms with Gasteiger partial charge in [0.25, 0.3) is 10.0 Å². The Labute approximate surface area is 154 Å². The van der Waals surface area contributed by atoms with Crippen LogP contribution >= 0.6 is 0 Å². The molecule has 3 aromatic heterocycles. The van der Waals surface area contributed by atoms with Gasteiger partial charge in [0.1, 0.15) is 17.6 Å². The van der Waals surface area contributed by atoms with Gasteiger partial charge in [-0.05, 0) is 38.1 Å². The standard InChI is InChI=1S/C11H13N3O3S.C5H4N4/c1-7-8(2)17-11(13-7)14-18(15,16)10-5-3-9(12)4-6-10;1-4-5(8-2-6-1)9-3-7-4/h3-6H,12H2,1-2H3,(H,13,14);1-3H,(H,6,7,8,9). The topological polar surface area (TPSA) is 153 Å². The molecule has 0 spiro atoms. The molecule has 27 heavy (non-hydrogen) atoms. The first-order valence-electron chi connectivity index (χ1n) is 7.76. The third kappa shape index (κ3) is 4.39. The zero-order chi connectivity index (χ0) is 19.4. The number of aryl methyl sites for hydroxylation is 2. The van der Waals surface area contributed by atoms with Crippen LogP contribution in [0.1, 0.15) is 11.5 Å². The van der Waals surface area contributed by atoms with Crippen LogP contribution < -0.4 is 10.5 Å². The largest absolute Gasteiger partial charge is 0.428 e. The molecule has 0 aliphatic rings. The molecule has 0 aliphatic carbocycles. The van der Waals surface area contributed by atoms with Crippen LogP contribution in [0.25, 0.3) is 11.2 Å². The Kier molecular flexibility index (Phi) is 5.03. The van der Waals surface area contributed by atoms with Crippen LogP contribution in [0.2, 0.25) is 0 Å². The first-order chi connectivity index (χ1) is 12.8. The fourth-order valence-electron chi connectivity index (χ4n) is 2.03. The van der Waals surface area contributed by atoms with E-state index in [2.05, 4.69) is 29.6 Å². The number of hydrogen-bond acceptors (Lipinski definition) is 8. The van der Waals surface area contributed by atoms with Crippen LogP contribution in [0, 0.1) is 13.8 Å². The average Bonchev–Trinajstić information content (AvgIpc) is 3.22. The minimum Gasteiger partial charge on any atom is -0.428 e. The molecule has 0 bridgehead atoms. The summed E-state index contributed by atoms with van der Waals surface area (Å²) in [7, 11) is -3.70. The van der Waals surface area contributed by atoms with Crippen molar-refractivity contribution in [1.82, 2.24) is 24.9 Å². The van der Waals surface area contributed by atoms with Gasteiger partial charge >= 0.3 is 6.01 Å². The molecular formula is C16H17N7O3S. The number of nitrogens with one attached hydrogen (secondary N) is 2. The number of nitrogens with two attached hydrogens (primary N) is 1. The van der Waals surface area contributed by atoms with Crippen LogP contribution in [0.15, 0.2) is 52.4 Å². The van der Waals surface area contributed by atoms with Gasteiger partial charge in [0.2, 0.25) is 0 Å². The number of aromatic nitrogens is 5. The summed E-state index contributed by atoms with van der Waals surface area (Å²) in [5.41, 5.74) is 8.23. The lowest BCUT2D eigenvalue weighted by Gasteiger charge is -2.04. The van der Waals surface area contributed by atoms with Crippen molar-refractivity contribution in [2.75, 3.05) is 10.5 Å². The molecule has 0 unspecified atom stereocenters. The van der Waals surface area contributed by atoms with Crippen molar-refractivity contribution >= 4 is 32.9 Å². The number of nitrogens with zero attached hydrogens (tertiary/aromatic N) is 4. The van der Waals surface area contributed by atoms with E-state index in [4.69, 9.17) is 10.2 Å². The van der Waals surface area contributed by atoms with E-state index in [1.165, 1.54) is 30.6 Å². The Morgan fingerprint density at radius 2 is 1.89 bits per heavy atom. The fourth-order valence-corrected chi connectivity index (χ4v) is 2.96. The van der Waals surface area contributed by atoms with Crippen molar-refractivity contribution in [3.8, 4) is 0 Å². The molecule has 0 aliphatic heterocycles. The van der Waals surface area contributed by atoms with Gasteiger partial charge in [0.05, 0.1) is 23.1 Å². The highest BCUT2D eigenvalue weighted by Crippen LogP contribution is 2.18. The van der Waals surface area contributed by atoms with E-state index in [-0.39, 0.29) is 10.9 Å². The maximum atomic E-state index is 12.0. The van der Waals surface area contributed by atoms with E-state index in [9.17, 15) is 8.42 Å². The van der Waals surface area contributed by atoms with Crippen molar-refractivity contribution < 1.29 is 12.8 Å². The highest BCUT2D eigenvalue weighted by molar-refractivity contribution is 7.92. The molecule has 0 atom stereocenters. The number of nitrogen functional groups attached to an aromatic ring is 1. The van der Waals surface area contributed by atoms with Gasteiger partial charge in [0.15, 0.2) is 5.65 Å². The Morgan fingerprint density at radius 1 is 1.15 bits per heavy atom. The van der Waals surface area contributed by atoms with Gasteiger partial charge in [0, 0.05) is 5.69 Å². The minimum absolute atomic E-state index is 0.0400. The Morgan fingerprint density at radius 3 is 2.52 bits per heavy atom. The molecule has 11 heteroatoms. The predicted molar refractivity (Wildman–Crippen MR) is 99.3 cm³/mol. The number of H-pyrrole nitrogens is 1. The van der Waals surface area contributed by atoms with E-state index in [0.29, 0.717) is 22.8 Å². The summed E-state index contributed by atoms with van der Waals surface area (Å²) in [5, 5.41) is 0. The molecule has 0 amide bonds. The van der Waals surface area contributed by atoms with Crippen LogP contribution in [0.3, 0.4) is 0 Å². The van der Waals surface area contributed by atoms with Gasteiger partial charge in [-0.15, -0.1) is 0 Å². The van der Waals surface area contributed by atoms with E-state index in [1.807, 2.05) is 0 Å². The summed E-state index contributed by atoms with van der Waals surface area (Å²) in [6.07, 6.45) is 4.76. The normalized spacial score (nSPS) is 11.0. The molecule has 4 N–H and O–H groups in total. The summed E-state index contributed by atoms with van der Waals surface area (Å²) in [6.45, 7) is 3.45. The summed E-state index contributed by atoms with van der Waals surface area (Å²) >= 11 is 0. The molecule has 1 aromatic carbocycles. The van der Waals surface area contributed by atoms with Gasteiger partial charge in [-0.2, -0.15) is 4.98 Å².